The molecule has 0 spiro atoms. The first-order chi connectivity index (χ1) is 19.0. The Hall–Kier alpha value is -4.28. The summed E-state index contributed by atoms with van der Waals surface area (Å²) in [6, 6.07) is 8.14. The third-order valence-corrected chi connectivity index (χ3v) is 6.17. The summed E-state index contributed by atoms with van der Waals surface area (Å²) < 4.78 is 74.8. The van der Waals surface area contributed by atoms with Crippen molar-refractivity contribution >= 4 is 11.1 Å². The fourth-order valence-electron chi connectivity index (χ4n) is 4.23. The van der Waals surface area contributed by atoms with Crippen molar-refractivity contribution < 1.29 is 26.4 Å². The number of pyridine rings is 1. The topological polar surface area (TPSA) is 91.8 Å². The maximum atomic E-state index is 13.2. The number of nitrogens with zero attached hydrogens (tertiary/aromatic N) is 6. The van der Waals surface area contributed by atoms with Gasteiger partial charge in [0, 0.05) is 41.4 Å². The molecule has 1 fully saturated rings. The Morgan fingerprint density at radius 2 is 1.92 bits per heavy atom. The standard InChI is InChI=1S/C26H21F3N6O2/c1-35-12-19(26(27,28)29)34-23(35)16-5-3-14(4-6-16)11-18-22-17(9-10-30-18)33-25(37-22)20-21(15-7-8-15)31-13-32-24(20)36-2/h3-6,9-10,12-13,15H,7-8,11H2,1-2H3/i1D3. The lowest BCUT2D eigenvalue weighted by atomic mass is 10.1. The predicted molar refractivity (Wildman–Crippen MR) is 128 cm³/mol. The van der Waals surface area contributed by atoms with Crippen molar-refractivity contribution in [3.05, 3.63) is 71.7 Å². The minimum atomic E-state index is -4.78. The first-order valence-electron chi connectivity index (χ1n) is 12.9. The molecule has 11 heteroatoms. The van der Waals surface area contributed by atoms with Crippen molar-refractivity contribution in [3.63, 3.8) is 0 Å². The molecule has 1 aliphatic carbocycles. The number of aromatic nitrogens is 6. The van der Waals surface area contributed by atoms with Gasteiger partial charge in [0.25, 0.3) is 0 Å². The molecule has 4 aromatic heterocycles. The predicted octanol–water partition coefficient (Wildman–Crippen LogP) is 5.58. The van der Waals surface area contributed by atoms with E-state index in [1.54, 1.807) is 24.4 Å². The Kier molecular flexibility index (Phi) is 4.66. The molecule has 0 saturated heterocycles. The monoisotopic (exact) mass is 509 g/mol. The van der Waals surface area contributed by atoms with Gasteiger partial charge in [0.1, 0.15) is 23.2 Å². The summed E-state index contributed by atoms with van der Waals surface area (Å²) in [5.74, 6) is 0.698. The van der Waals surface area contributed by atoms with Gasteiger partial charge in [-0.2, -0.15) is 13.2 Å². The largest absolute Gasteiger partial charge is 0.480 e. The number of hydrogen-bond donors (Lipinski definition) is 0. The number of alkyl halides is 3. The highest BCUT2D eigenvalue weighted by Gasteiger charge is 2.35. The number of halogens is 3. The summed E-state index contributed by atoms with van der Waals surface area (Å²) in [4.78, 5) is 21.3. The fourth-order valence-corrected chi connectivity index (χ4v) is 4.23. The lowest BCUT2D eigenvalue weighted by Crippen LogP contribution is -2.04. The van der Waals surface area contributed by atoms with Crippen LogP contribution in [0.1, 0.15) is 45.5 Å². The average Bonchev–Trinajstić information content (AvgIpc) is 3.48. The van der Waals surface area contributed by atoms with Gasteiger partial charge in [0.05, 0.1) is 18.5 Å². The van der Waals surface area contributed by atoms with Gasteiger partial charge in [0.15, 0.2) is 11.3 Å². The molecule has 8 nitrogen and oxygen atoms in total. The maximum Gasteiger partial charge on any atom is 0.434 e. The van der Waals surface area contributed by atoms with Gasteiger partial charge >= 0.3 is 6.18 Å². The van der Waals surface area contributed by atoms with Gasteiger partial charge < -0.3 is 13.7 Å². The van der Waals surface area contributed by atoms with E-state index >= 15 is 0 Å². The van der Waals surface area contributed by atoms with Crippen LogP contribution < -0.4 is 4.74 Å². The number of aryl methyl sites for hydroxylation is 1. The van der Waals surface area contributed by atoms with Crippen molar-refractivity contribution in [1.82, 2.24) is 29.5 Å². The molecule has 0 N–H and O–H groups in total. The molecule has 1 aliphatic rings. The van der Waals surface area contributed by atoms with Crippen molar-refractivity contribution in [2.45, 2.75) is 31.4 Å². The Labute approximate surface area is 213 Å². The third-order valence-electron chi connectivity index (χ3n) is 6.17. The smallest absolute Gasteiger partial charge is 0.434 e. The second-order valence-corrected chi connectivity index (χ2v) is 8.73. The number of ether oxygens (including phenoxy) is 1. The minimum Gasteiger partial charge on any atom is -0.480 e. The fraction of sp³-hybridized carbons (Fsp3) is 0.269. The summed E-state index contributed by atoms with van der Waals surface area (Å²) in [6.07, 6.45) is 1.16. The van der Waals surface area contributed by atoms with Gasteiger partial charge in [-0.15, -0.1) is 0 Å². The number of hydrogen-bond acceptors (Lipinski definition) is 7. The molecule has 0 unspecified atom stereocenters. The van der Waals surface area contributed by atoms with E-state index in [-0.39, 0.29) is 11.4 Å². The van der Waals surface area contributed by atoms with Crippen LogP contribution in [0.4, 0.5) is 13.2 Å². The van der Waals surface area contributed by atoms with Crippen LogP contribution in [0, 0.1) is 0 Å². The van der Waals surface area contributed by atoms with Crippen LogP contribution in [0.25, 0.3) is 33.9 Å². The zero-order valence-electron chi connectivity index (χ0n) is 22.5. The molecule has 6 rings (SSSR count). The molecule has 5 aromatic rings. The molecule has 0 amide bonds. The van der Waals surface area contributed by atoms with Crippen LogP contribution in [0.15, 0.2) is 53.5 Å². The number of fused-ring (bicyclic) bond motifs is 1. The van der Waals surface area contributed by atoms with Crippen molar-refractivity contribution in [3.8, 4) is 28.7 Å². The molecule has 0 atom stereocenters. The van der Waals surface area contributed by atoms with Gasteiger partial charge in [-0.25, -0.2) is 19.9 Å². The van der Waals surface area contributed by atoms with Gasteiger partial charge in [-0.3, -0.25) is 4.98 Å². The number of rotatable bonds is 6. The first-order valence-corrected chi connectivity index (χ1v) is 11.4. The third kappa shape index (κ3) is 4.30. The highest BCUT2D eigenvalue weighted by Crippen LogP contribution is 2.45. The average molecular weight is 510 g/mol. The van der Waals surface area contributed by atoms with E-state index < -0.39 is 18.8 Å². The zero-order chi connectivity index (χ0) is 28.2. The lowest BCUT2D eigenvalue weighted by Gasteiger charge is -2.08. The second kappa shape index (κ2) is 8.68. The summed E-state index contributed by atoms with van der Waals surface area (Å²) >= 11 is 0. The first kappa shape index (κ1) is 19.9. The van der Waals surface area contributed by atoms with Gasteiger partial charge in [-0.05, 0) is 24.5 Å². The van der Waals surface area contributed by atoms with Crippen molar-refractivity contribution in [2.24, 2.45) is 6.98 Å². The Bertz CT molecular complexity index is 1710. The lowest BCUT2D eigenvalue weighted by molar-refractivity contribution is -0.140. The SMILES string of the molecule is [2H]C([2H])([2H])n1cc(C(F)(F)F)nc1-c1ccc(Cc2nccc3nc(-c4c(OC)ncnc4C4CC4)oc23)cc1. The summed E-state index contributed by atoms with van der Waals surface area (Å²) in [5.41, 5.74) is 2.82. The second-order valence-electron chi connectivity index (χ2n) is 8.73. The summed E-state index contributed by atoms with van der Waals surface area (Å²) in [7, 11) is 1.52. The molecule has 0 radical (unpaired) electrons. The number of oxazole rings is 1. The van der Waals surface area contributed by atoms with E-state index in [0.29, 0.717) is 57.2 Å². The quantitative estimate of drug-likeness (QED) is 0.295. The van der Waals surface area contributed by atoms with Crippen LogP contribution in [0.2, 0.25) is 0 Å². The Balaban J connectivity index is 1.33. The van der Waals surface area contributed by atoms with Crippen molar-refractivity contribution in [1.29, 1.82) is 0 Å². The Morgan fingerprint density at radius 1 is 1.11 bits per heavy atom. The van der Waals surface area contributed by atoms with E-state index in [0.717, 1.165) is 24.1 Å². The van der Waals surface area contributed by atoms with E-state index in [4.69, 9.17) is 13.3 Å². The van der Waals surface area contributed by atoms with Crippen LogP contribution in [-0.2, 0) is 19.6 Å². The maximum absolute atomic E-state index is 13.2. The molecule has 37 heavy (non-hydrogen) atoms. The number of imidazole rings is 1. The molecule has 1 saturated carbocycles. The molecule has 188 valence electrons. The molecular weight excluding hydrogens is 485 g/mol. The number of methoxy groups -OCH3 is 1. The minimum absolute atomic E-state index is 0.229. The summed E-state index contributed by atoms with van der Waals surface area (Å²) in [6.45, 7) is -2.83. The molecule has 0 bridgehead atoms. The van der Waals surface area contributed by atoms with Crippen molar-refractivity contribution in [2.75, 3.05) is 7.11 Å². The van der Waals surface area contributed by atoms with Crippen LogP contribution >= 0.6 is 0 Å². The Morgan fingerprint density at radius 3 is 2.62 bits per heavy atom. The van der Waals surface area contributed by atoms with Crippen LogP contribution in [0.3, 0.4) is 0 Å². The van der Waals surface area contributed by atoms with E-state index in [9.17, 15) is 13.2 Å². The van der Waals surface area contributed by atoms with E-state index in [1.165, 1.54) is 25.6 Å². The van der Waals surface area contributed by atoms with Gasteiger partial charge in [-0.1, -0.05) is 24.3 Å². The van der Waals surface area contributed by atoms with Crippen LogP contribution in [0.5, 0.6) is 5.88 Å². The van der Waals surface area contributed by atoms with E-state index in [2.05, 4.69) is 24.9 Å². The molecule has 0 aliphatic heterocycles. The van der Waals surface area contributed by atoms with E-state index in [1.807, 2.05) is 0 Å². The van der Waals surface area contributed by atoms with Crippen LogP contribution in [-0.4, -0.2) is 36.6 Å². The summed E-state index contributed by atoms with van der Waals surface area (Å²) in [5, 5.41) is 0. The zero-order valence-corrected chi connectivity index (χ0v) is 19.5. The molecule has 4 heterocycles. The number of benzene rings is 1. The molecule has 1 aromatic carbocycles. The highest BCUT2D eigenvalue weighted by atomic mass is 19.4. The van der Waals surface area contributed by atoms with Gasteiger partial charge in [0.2, 0.25) is 11.8 Å². The normalized spacial score (nSPS) is 15.4. The molecular formula is C26H21F3N6O2. The highest BCUT2D eigenvalue weighted by molar-refractivity contribution is 5.79.